The van der Waals surface area contributed by atoms with Gasteiger partial charge in [-0.15, -0.1) is 0 Å². The lowest BCUT2D eigenvalue weighted by molar-refractivity contribution is -0.273. The maximum absolute atomic E-state index is 14.3. The Hall–Kier alpha value is -3.19. The van der Waals surface area contributed by atoms with Crippen molar-refractivity contribution in [3.63, 3.8) is 0 Å². The van der Waals surface area contributed by atoms with Gasteiger partial charge in [0.2, 0.25) is 5.78 Å². The third-order valence-electron chi connectivity index (χ3n) is 8.35. The van der Waals surface area contributed by atoms with Crippen molar-refractivity contribution in [1.82, 2.24) is 0 Å². The molecule has 0 unspecified atom stereocenters. The molecule has 11 nitrogen and oxygen atoms in total. The maximum atomic E-state index is 14.3. The van der Waals surface area contributed by atoms with E-state index >= 15 is 0 Å². The first-order valence-corrected chi connectivity index (χ1v) is 12.7. The molecule has 0 radical (unpaired) electrons. The summed E-state index contributed by atoms with van der Waals surface area (Å²) >= 11 is 0. The molecule has 2 aliphatic carbocycles. The summed E-state index contributed by atoms with van der Waals surface area (Å²) in [6, 6.07) is 6.18. The Morgan fingerprint density at radius 2 is 1.92 bits per heavy atom. The summed E-state index contributed by atoms with van der Waals surface area (Å²) in [5, 5.41) is 64.0. The lowest BCUT2D eigenvalue weighted by Gasteiger charge is -2.50. The number of fused-ring (bicyclic) bond motifs is 3. The summed E-state index contributed by atoms with van der Waals surface area (Å²) in [5.41, 5.74) is -4.13. The van der Waals surface area contributed by atoms with Crippen LogP contribution in [0, 0.1) is 5.92 Å². The van der Waals surface area contributed by atoms with E-state index in [1.54, 1.807) is 18.2 Å². The zero-order valence-electron chi connectivity index (χ0n) is 21.3. The Labute approximate surface area is 222 Å². The molecule has 2 aromatic rings. The van der Waals surface area contributed by atoms with Crippen molar-refractivity contribution in [1.29, 1.82) is 0 Å². The minimum absolute atomic E-state index is 0.0421. The van der Waals surface area contributed by atoms with E-state index in [0.29, 0.717) is 10.9 Å². The molecule has 0 bridgehead atoms. The largest absolute Gasteiger partial charge is 0.507 e. The normalized spacial score (nSPS) is 34.3. The molecule has 208 valence electrons. The van der Waals surface area contributed by atoms with Crippen molar-refractivity contribution in [3.8, 4) is 11.5 Å². The Kier molecular flexibility index (Phi) is 6.65. The smallest absolute Gasteiger partial charge is 0.203 e. The number of phenolic OH excluding ortho intramolecular Hbond substituents is 2. The lowest BCUT2D eigenvalue weighted by Crippen LogP contribution is -2.63. The van der Waals surface area contributed by atoms with E-state index in [0.717, 1.165) is 6.08 Å². The number of ether oxygens (including phenoxy) is 2. The average Bonchev–Trinajstić information content (AvgIpc) is 2.89. The van der Waals surface area contributed by atoms with Crippen LogP contribution in [0.4, 0.5) is 0 Å². The van der Waals surface area contributed by atoms with Crippen molar-refractivity contribution in [2.75, 3.05) is 6.61 Å². The Morgan fingerprint density at radius 3 is 2.56 bits per heavy atom. The first-order chi connectivity index (χ1) is 18.4. The van der Waals surface area contributed by atoms with E-state index < -0.39 is 71.4 Å². The van der Waals surface area contributed by atoms with Gasteiger partial charge in [0, 0.05) is 17.9 Å². The van der Waals surface area contributed by atoms with E-state index in [4.69, 9.17) is 9.47 Å². The molecule has 2 aromatic carbocycles. The number of benzene rings is 2. The number of aliphatic hydroxyl groups is 4. The zero-order valence-corrected chi connectivity index (χ0v) is 21.3. The van der Waals surface area contributed by atoms with Crippen LogP contribution in [0.5, 0.6) is 11.5 Å². The van der Waals surface area contributed by atoms with Gasteiger partial charge >= 0.3 is 0 Å². The van der Waals surface area contributed by atoms with Crippen molar-refractivity contribution < 1.29 is 54.5 Å². The molecule has 1 heterocycles. The molecule has 0 spiro atoms. The number of Topliss-reactive ketones (excluding diaryl/α,β-unsaturated/α-hetero) is 3. The number of rotatable bonds is 5. The van der Waals surface area contributed by atoms with Crippen molar-refractivity contribution in [2.45, 2.75) is 68.9 Å². The van der Waals surface area contributed by atoms with E-state index in [1.165, 1.54) is 19.9 Å². The first-order valence-electron chi connectivity index (χ1n) is 12.7. The van der Waals surface area contributed by atoms with Crippen LogP contribution in [0.2, 0.25) is 0 Å². The second-order valence-corrected chi connectivity index (χ2v) is 10.5. The SMILES string of the molecule is CC(=O)C1=C[C@@]2(O[C@H]3CC[C@](O)(C(=O)CO)[C@H](C)O3)C(=O)c3c(cc4cccc(O)c4c3O)C[C@H]2[C@@H](O)[C@H]1O. The third kappa shape index (κ3) is 4.00. The van der Waals surface area contributed by atoms with E-state index in [9.17, 15) is 45.0 Å². The molecule has 1 fully saturated rings. The fourth-order valence-electron chi connectivity index (χ4n) is 6.15. The Balaban J connectivity index is 1.65. The number of aromatic hydroxyl groups is 2. The van der Waals surface area contributed by atoms with Gasteiger partial charge in [-0.2, -0.15) is 0 Å². The highest BCUT2D eigenvalue weighted by atomic mass is 16.7. The second kappa shape index (κ2) is 9.47. The zero-order chi connectivity index (χ0) is 28.4. The third-order valence-corrected chi connectivity index (χ3v) is 8.35. The number of aliphatic hydroxyl groups excluding tert-OH is 3. The fraction of sp³-hybridized carbons (Fsp3) is 0.464. The molecule has 0 aromatic heterocycles. The summed E-state index contributed by atoms with van der Waals surface area (Å²) in [6.07, 6.45) is -4.70. The summed E-state index contributed by atoms with van der Waals surface area (Å²) in [4.78, 5) is 38.9. The van der Waals surface area contributed by atoms with E-state index in [1.807, 2.05) is 0 Å². The fourth-order valence-corrected chi connectivity index (χ4v) is 6.15. The molecule has 0 saturated carbocycles. The molecule has 7 atom stereocenters. The predicted molar refractivity (Wildman–Crippen MR) is 134 cm³/mol. The number of ketones is 3. The van der Waals surface area contributed by atoms with E-state index in [2.05, 4.69) is 0 Å². The van der Waals surface area contributed by atoms with Gasteiger partial charge in [-0.25, -0.2) is 0 Å². The van der Waals surface area contributed by atoms with Crippen LogP contribution in [0.25, 0.3) is 10.8 Å². The Morgan fingerprint density at radius 1 is 1.21 bits per heavy atom. The van der Waals surface area contributed by atoms with E-state index in [-0.39, 0.29) is 41.5 Å². The van der Waals surface area contributed by atoms with Crippen LogP contribution < -0.4 is 0 Å². The monoisotopic (exact) mass is 542 g/mol. The summed E-state index contributed by atoms with van der Waals surface area (Å²) in [6.45, 7) is 1.68. The van der Waals surface area contributed by atoms with Gasteiger partial charge < -0.3 is 40.1 Å². The molecule has 11 heteroatoms. The minimum atomic E-state index is -2.08. The number of carbonyl (C=O) groups excluding carboxylic acids is 3. The molecular weight excluding hydrogens is 512 g/mol. The van der Waals surface area contributed by atoms with Gasteiger partial charge in [0.05, 0.1) is 23.2 Å². The molecular formula is C28H30O11. The number of phenols is 2. The number of hydrogen-bond donors (Lipinski definition) is 6. The maximum Gasteiger partial charge on any atom is 0.203 e. The summed E-state index contributed by atoms with van der Waals surface area (Å²) < 4.78 is 12.0. The summed E-state index contributed by atoms with van der Waals surface area (Å²) in [5.74, 6) is -4.12. The van der Waals surface area contributed by atoms with Gasteiger partial charge in [-0.1, -0.05) is 18.2 Å². The summed E-state index contributed by atoms with van der Waals surface area (Å²) in [7, 11) is 0. The molecule has 0 amide bonds. The van der Waals surface area contributed by atoms with Gasteiger partial charge in [0.25, 0.3) is 0 Å². The van der Waals surface area contributed by atoms with Crippen LogP contribution in [0.3, 0.4) is 0 Å². The number of carbonyl (C=O) groups is 3. The van der Waals surface area contributed by atoms with Crippen LogP contribution in [0.1, 0.15) is 42.6 Å². The van der Waals surface area contributed by atoms with Crippen LogP contribution in [-0.2, 0) is 25.5 Å². The lowest BCUT2D eigenvalue weighted by atomic mass is 9.63. The van der Waals surface area contributed by atoms with Gasteiger partial charge in [-0.05, 0) is 49.8 Å². The molecule has 5 rings (SSSR count). The highest BCUT2D eigenvalue weighted by molar-refractivity contribution is 6.14. The quantitative estimate of drug-likeness (QED) is 0.307. The van der Waals surface area contributed by atoms with Gasteiger partial charge in [0.1, 0.15) is 24.2 Å². The van der Waals surface area contributed by atoms with Gasteiger partial charge in [-0.3, -0.25) is 14.4 Å². The minimum Gasteiger partial charge on any atom is -0.507 e. The first kappa shape index (κ1) is 27.4. The molecule has 1 saturated heterocycles. The molecule has 6 N–H and O–H groups in total. The van der Waals surface area contributed by atoms with Crippen molar-refractivity contribution in [2.24, 2.45) is 5.92 Å². The van der Waals surface area contributed by atoms with Crippen LogP contribution >= 0.6 is 0 Å². The second-order valence-electron chi connectivity index (χ2n) is 10.5. The van der Waals surface area contributed by atoms with Crippen molar-refractivity contribution in [3.05, 3.63) is 47.0 Å². The standard InChI is InChI=1S/C28H30O11/c1-12(30)16-10-28(39-20-6-7-27(37,13(2)38-20)19(32)11-29)17(24(34)23(16)33)9-15-8-14-4-3-5-18(31)21(14)25(35)22(15)26(28)36/h3-5,8,10,13,17,20,23-24,29,31,33-35,37H,6-7,9,11H2,1-2H3/t13-,17-,20-,23-,24+,27+,28-/m0/s1. The average molecular weight is 543 g/mol. The number of hydrogen-bond acceptors (Lipinski definition) is 11. The molecule has 3 aliphatic rings. The van der Waals surface area contributed by atoms with Gasteiger partial charge in [0.15, 0.2) is 29.1 Å². The Bertz CT molecular complexity index is 1410. The molecule has 39 heavy (non-hydrogen) atoms. The highest BCUT2D eigenvalue weighted by Gasteiger charge is 2.60. The highest BCUT2D eigenvalue weighted by Crippen LogP contribution is 2.50. The van der Waals surface area contributed by atoms with Crippen LogP contribution in [0.15, 0.2) is 35.9 Å². The topological polar surface area (TPSA) is 191 Å². The molecule has 1 aliphatic heterocycles. The van der Waals surface area contributed by atoms with Crippen LogP contribution in [-0.4, -0.2) is 90.4 Å². The predicted octanol–water partition coefficient (Wildman–Crippen LogP) is 0.430. The van der Waals surface area contributed by atoms with Crippen molar-refractivity contribution >= 4 is 28.1 Å².